The second kappa shape index (κ2) is 7.04. The van der Waals surface area contributed by atoms with E-state index in [1.165, 1.54) is 6.07 Å². The first kappa shape index (κ1) is 16.0. The Morgan fingerprint density at radius 1 is 1.24 bits per heavy atom. The molecule has 112 valence electrons. The normalized spacial score (nSPS) is 11.1. The fraction of sp³-hybridized carbons (Fsp3) is 0.333. The second-order valence-corrected chi connectivity index (χ2v) is 5.91. The molecule has 6 heteroatoms. The van der Waals surface area contributed by atoms with E-state index in [4.69, 9.17) is 0 Å². The number of halogens is 3. The maximum atomic E-state index is 13.6. The van der Waals surface area contributed by atoms with E-state index < -0.39 is 11.6 Å². The van der Waals surface area contributed by atoms with Gasteiger partial charge >= 0.3 is 0 Å². The molecule has 1 heterocycles. The van der Waals surface area contributed by atoms with Crippen LogP contribution in [0, 0.1) is 17.6 Å². The number of nitrogens with one attached hydrogen (secondary N) is 1. The lowest BCUT2D eigenvalue weighted by molar-refractivity contribution is 0.504. The van der Waals surface area contributed by atoms with Crippen LogP contribution in [0.2, 0.25) is 0 Å². The van der Waals surface area contributed by atoms with E-state index >= 15 is 0 Å². The lowest BCUT2D eigenvalue weighted by atomic mass is 10.2. The number of rotatable bonds is 5. The lowest BCUT2D eigenvalue weighted by Gasteiger charge is -2.09. The van der Waals surface area contributed by atoms with Gasteiger partial charge in [-0.2, -0.15) is 0 Å². The molecule has 21 heavy (non-hydrogen) atoms. The van der Waals surface area contributed by atoms with Gasteiger partial charge in [-0.15, -0.1) is 0 Å². The highest BCUT2D eigenvalue weighted by molar-refractivity contribution is 9.10. The largest absolute Gasteiger partial charge is 0.311 e. The molecule has 2 rings (SSSR count). The minimum absolute atomic E-state index is 0.0368. The van der Waals surface area contributed by atoms with Gasteiger partial charge in [0.2, 0.25) is 0 Å². The highest BCUT2D eigenvalue weighted by Crippen LogP contribution is 2.29. The number of nitrogens with zero attached hydrogens (tertiary/aromatic N) is 2. The summed E-state index contributed by atoms with van der Waals surface area (Å²) in [5.74, 6) is -0.920. The Hall–Kier alpha value is -1.40. The predicted octanol–water partition coefficient (Wildman–Crippen LogP) is 3.93. The summed E-state index contributed by atoms with van der Waals surface area (Å²) in [6, 6.07) is 4.33. The zero-order valence-electron chi connectivity index (χ0n) is 11.8. The SMILES string of the molecule is CC(C)CNCc1ccnc(-c2ccc(F)c(F)c2Br)n1. The molecule has 0 fully saturated rings. The molecule has 1 aromatic heterocycles. The quantitative estimate of drug-likeness (QED) is 0.825. The first-order chi connectivity index (χ1) is 9.99. The number of hydrogen-bond acceptors (Lipinski definition) is 3. The van der Waals surface area contributed by atoms with Crippen molar-refractivity contribution in [3.05, 3.63) is 46.2 Å². The van der Waals surface area contributed by atoms with E-state index in [9.17, 15) is 8.78 Å². The third kappa shape index (κ3) is 4.04. The van der Waals surface area contributed by atoms with Crippen LogP contribution in [0.15, 0.2) is 28.9 Å². The molecule has 1 N–H and O–H groups in total. The molecule has 0 saturated carbocycles. The molecule has 0 atom stereocenters. The summed E-state index contributed by atoms with van der Waals surface area (Å²) in [5.41, 5.74) is 1.23. The van der Waals surface area contributed by atoms with Crippen molar-refractivity contribution < 1.29 is 8.78 Å². The van der Waals surface area contributed by atoms with Gasteiger partial charge in [-0.25, -0.2) is 18.7 Å². The van der Waals surface area contributed by atoms with Gasteiger partial charge in [-0.05, 0) is 46.6 Å². The Balaban J connectivity index is 2.23. The zero-order chi connectivity index (χ0) is 15.4. The Bertz CT molecular complexity index is 632. The van der Waals surface area contributed by atoms with E-state index in [0.717, 1.165) is 18.3 Å². The summed E-state index contributed by atoms with van der Waals surface area (Å²) < 4.78 is 26.8. The van der Waals surface area contributed by atoms with E-state index in [1.807, 2.05) is 0 Å². The monoisotopic (exact) mass is 355 g/mol. The fourth-order valence-corrected chi connectivity index (χ4v) is 2.31. The summed E-state index contributed by atoms with van der Waals surface area (Å²) in [6.45, 7) is 5.73. The van der Waals surface area contributed by atoms with Crippen LogP contribution in [-0.4, -0.2) is 16.5 Å². The Labute approximate surface area is 131 Å². The lowest BCUT2D eigenvalue weighted by Crippen LogP contribution is -2.19. The zero-order valence-corrected chi connectivity index (χ0v) is 13.4. The van der Waals surface area contributed by atoms with Crippen molar-refractivity contribution in [3.63, 3.8) is 0 Å². The standard InChI is InChI=1S/C15H16BrF2N3/c1-9(2)7-19-8-10-5-6-20-15(21-10)11-3-4-12(17)14(18)13(11)16/h3-6,9,19H,7-8H2,1-2H3. The summed E-state index contributed by atoms with van der Waals surface area (Å²) in [6.07, 6.45) is 1.61. The summed E-state index contributed by atoms with van der Waals surface area (Å²) in [5, 5.41) is 3.28. The first-order valence-corrected chi connectivity index (χ1v) is 7.45. The Morgan fingerprint density at radius 3 is 2.71 bits per heavy atom. The summed E-state index contributed by atoms with van der Waals surface area (Å²) in [7, 11) is 0. The molecule has 0 amide bonds. The van der Waals surface area contributed by atoms with Crippen molar-refractivity contribution in [2.45, 2.75) is 20.4 Å². The molecule has 0 aliphatic carbocycles. The van der Waals surface area contributed by atoms with Crippen LogP contribution in [0.5, 0.6) is 0 Å². The van der Waals surface area contributed by atoms with Crippen molar-refractivity contribution in [1.29, 1.82) is 0 Å². The van der Waals surface area contributed by atoms with Gasteiger partial charge in [0, 0.05) is 18.3 Å². The van der Waals surface area contributed by atoms with Gasteiger partial charge in [0.15, 0.2) is 17.5 Å². The maximum Gasteiger partial charge on any atom is 0.173 e. The van der Waals surface area contributed by atoms with Gasteiger partial charge in [0.25, 0.3) is 0 Å². The van der Waals surface area contributed by atoms with Crippen molar-refractivity contribution in [1.82, 2.24) is 15.3 Å². The molecule has 0 bridgehead atoms. The van der Waals surface area contributed by atoms with Crippen LogP contribution in [-0.2, 0) is 6.54 Å². The first-order valence-electron chi connectivity index (χ1n) is 6.65. The van der Waals surface area contributed by atoms with E-state index in [2.05, 4.69) is 45.1 Å². The molecule has 0 radical (unpaired) electrons. The Kier molecular flexibility index (Phi) is 5.36. The van der Waals surface area contributed by atoms with E-state index in [-0.39, 0.29) is 4.47 Å². The van der Waals surface area contributed by atoms with Crippen LogP contribution >= 0.6 is 15.9 Å². The summed E-state index contributed by atoms with van der Waals surface area (Å²) in [4.78, 5) is 8.51. The van der Waals surface area contributed by atoms with Crippen LogP contribution in [0.4, 0.5) is 8.78 Å². The number of aromatic nitrogens is 2. The molecule has 0 unspecified atom stereocenters. The molecule has 3 nitrogen and oxygen atoms in total. The molecule has 0 saturated heterocycles. The van der Waals surface area contributed by atoms with Gasteiger partial charge in [0.05, 0.1) is 10.2 Å². The van der Waals surface area contributed by atoms with E-state index in [0.29, 0.717) is 23.9 Å². The topological polar surface area (TPSA) is 37.8 Å². The minimum Gasteiger partial charge on any atom is -0.311 e. The van der Waals surface area contributed by atoms with E-state index in [1.54, 1.807) is 12.3 Å². The fourth-order valence-electron chi connectivity index (χ4n) is 1.81. The molecule has 2 aromatic rings. The predicted molar refractivity (Wildman–Crippen MR) is 81.6 cm³/mol. The van der Waals surface area contributed by atoms with Crippen LogP contribution in [0.1, 0.15) is 19.5 Å². The molecule has 0 aliphatic heterocycles. The van der Waals surface area contributed by atoms with Crippen LogP contribution in [0.3, 0.4) is 0 Å². The molecule has 1 aromatic carbocycles. The average Bonchev–Trinajstić information content (AvgIpc) is 2.45. The van der Waals surface area contributed by atoms with Crippen LogP contribution < -0.4 is 5.32 Å². The van der Waals surface area contributed by atoms with Crippen molar-refractivity contribution in [3.8, 4) is 11.4 Å². The highest BCUT2D eigenvalue weighted by Gasteiger charge is 2.14. The van der Waals surface area contributed by atoms with Crippen LogP contribution in [0.25, 0.3) is 11.4 Å². The van der Waals surface area contributed by atoms with Gasteiger partial charge < -0.3 is 5.32 Å². The average molecular weight is 356 g/mol. The Morgan fingerprint density at radius 2 is 2.00 bits per heavy atom. The molecular formula is C15H16BrF2N3. The minimum atomic E-state index is -0.931. The second-order valence-electron chi connectivity index (χ2n) is 5.12. The van der Waals surface area contributed by atoms with Crippen molar-refractivity contribution in [2.24, 2.45) is 5.92 Å². The number of hydrogen-bond donors (Lipinski definition) is 1. The number of benzene rings is 1. The molecule has 0 spiro atoms. The van der Waals surface area contributed by atoms with Crippen molar-refractivity contribution in [2.75, 3.05) is 6.54 Å². The highest BCUT2D eigenvalue weighted by atomic mass is 79.9. The third-order valence-electron chi connectivity index (χ3n) is 2.85. The van der Waals surface area contributed by atoms with Gasteiger partial charge in [-0.3, -0.25) is 0 Å². The smallest absolute Gasteiger partial charge is 0.173 e. The summed E-state index contributed by atoms with van der Waals surface area (Å²) >= 11 is 3.05. The maximum absolute atomic E-state index is 13.6. The molecule has 0 aliphatic rings. The molecular weight excluding hydrogens is 340 g/mol. The van der Waals surface area contributed by atoms with Gasteiger partial charge in [0.1, 0.15) is 0 Å². The van der Waals surface area contributed by atoms with Crippen molar-refractivity contribution >= 4 is 15.9 Å². The van der Waals surface area contributed by atoms with Gasteiger partial charge in [-0.1, -0.05) is 13.8 Å². The third-order valence-corrected chi connectivity index (χ3v) is 3.62.